The highest BCUT2D eigenvalue weighted by molar-refractivity contribution is 5.88. The molecule has 1 fully saturated rings. The molecule has 1 rings (SSSR count). The second kappa shape index (κ2) is 4.53. The molecular weight excluding hydrogens is 202 g/mol. The van der Waals surface area contributed by atoms with Gasteiger partial charge in [0.15, 0.2) is 5.78 Å². The summed E-state index contributed by atoms with van der Waals surface area (Å²) in [6, 6.07) is -1.33. The smallest absolute Gasteiger partial charge is 0.253 e. The van der Waals surface area contributed by atoms with E-state index in [1.54, 1.807) is 20.8 Å². The van der Waals surface area contributed by atoms with E-state index >= 15 is 0 Å². The van der Waals surface area contributed by atoms with Gasteiger partial charge >= 0.3 is 0 Å². The second-order valence-corrected chi connectivity index (χ2v) is 4.93. The number of halogens is 2. The van der Waals surface area contributed by atoms with Crippen LogP contribution in [0.25, 0.3) is 0 Å². The van der Waals surface area contributed by atoms with Crippen molar-refractivity contribution in [1.82, 2.24) is 10.6 Å². The van der Waals surface area contributed by atoms with E-state index in [0.717, 1.165) is 0 Å². The highest BCUT2D eigenvalue weighted by atomic mass is 19.3. The summed E-state index contributed by atoms with van der Waals surface area (Å²) in [5.74, 6) is -0.00495. The van der Waals surface area contributed by atoms with Gasteiger partial charge in [-0.15, -0.1) is 0 Å². The van der Waals surface area contributed by atoms with Gasteiger partial charge in [0, 0.05) is 12.1 Å². The maximum Gasteiger partial charge on any atom is 0.253 e. The quantitative estimate of drug-likeness (QED) is 0.733. The van der Waals surface area contributed by atoms with Gasteiger partial charge in [-0.1, -0.05) is 20.8 Å². The lowest BCUT2D eigenvalue weighted by Crippen LogP contribution is -2.57. The van der Waals surface area contributed by atoms with Gasteiger partial charge in [-0.25, -0.2) is 8.78 Å². The molecule has 0 aromatic heterocycles. The third-order valence-corrected chi connectivity index (χ3v) is 2.56. The van der Waals surface area contributed by atoms with Crippen molar-refractivity contribution >= 4 is 5.78 Å². The second-order valence-electron chi connectivity index (χ2n) is 4.93. The standard InChI is InChI=1S/C10H18F2N2O/c1-10(2,3)8(15)6-4-7(9(11)12)14-5-13-6/h6-7,9,13-14H,4-5H2,1-3H3. The molecule has 2 N–H and O–H groups in total. The van der Waals surface area contributed by atoms with Crippen LogP contribution in [0, 0.1) is 5.41 Å². The van der Waals surface area contributed by atoms with Crippen molar-refractivity contribution in [3.8, 4) is 0 Å². The molecule has 0 aromatic rings. The summed E-state index contributed by atoms with van der Waals surface area (Å²) in [6.45, 7) is 5.67. The van der Waals surface area contributed by atoms with E-state index < -0.39 is 23.9 Å². The maximum absolute atomic E-state index is 12.5. The van der Waals surface area contributed by atoms with E-state index in [-0.39, 0.29) is 18.9 Å². The molecule has 88 valence electrons. The monoisotopic (exact) mass is 220 g/mol. The molecule has 1 aliphatic rings. The summed E-state index contributed by atoms with van der Waals surface area (Å²) >= 11 is 0. The average Bonchev–Trinajstić information content (AvgIpc) is 2.15. The van der Waals surface area contributed by atoms with Crippen LogP contribution in [-0.2, 0) is 4.79 Å². The normalized spacial score (nSPS) is 28.1. The molecule has 15 heavy (non-hydrogen) atoms. The van der Waals surface area contributed by atoms with Crippen molar-refractivity contribution in [3.05, 3.63) is 0 Å². The molecule has 0 aromatic carbocycles. The van der Waals surface area contributed by atoms with Gasteiger partial charge in [0.05, 0.1) is 12.1 Å². The summed E-state index contributed by atoms with van der Waals surface area (Å²) in [5.41, 5.74) is -0.484. The molecule has 1 heterocycles. The highest BCUT2D eigenvalue weighted by Crippen LogP contribution is 2.21. The fourth-order valence-corrected chi connectivity index (χ4v) is 1.65. The molecule has 0 aliphatic carbocycles. The minimum Gasteiger partial charge on any atom is -0.297 e. The maximum atomic E-state index is 12.5. The molecule has 0 spiro atoms. The first-order valence-electron chi connectivity index (χ1n) is 5.11. The highest BCUT2D eigenvalue weighted by Gasteiger charge is 2.35. The summed E-state index contributed by atoms with van der Waals surface area (Å²) < 4.78 is 24.9. The van der Waals surface area contributed by atoms with Crippen molar-refractivity contribution < 1.29 is 13.6 Å². The molecule has 2 atom stereocenters. The third kappa shape index (κ3) is 3.21. The molecule has 1 saturated heterocycles. The summed E-state index contributed by atoms with van der Waals surface area (Å²) in [5, 5.41) is 5.56. The van der Waals surface area contributed by atoms with Gasteiger partial charge in [0.25, 0.3) is 6.43 Å². The Morgan fingerprint density at radius 2 is 1.93 bits per heavy atom. The van der Waals surface area contributed by atoms with Crippen LogP contribution >= 0.6 is 0 Å². The number of nitrogens with one attached hydrogen (secondary N) is 2. The zero-order valence-corrected chi connectivity index (χ0v) is 9.31. The first-order chi connectivity index (χ1) is 6.82. The molecular formula is C10H18F2N2O. The molecule has 0 radical (unpaired) electrons. The Kier molecular flexibility index (Phi) is 3.78. The minimum absolute atomic E-state index is 0.00495. The molecule has 0 bridgehead atoms. The largest absolute Gasteiger partial charge is 0.297 e. The number of ketones is 1. The number of rotatable bonds is 2. The Labute approximate surface area is 88.6 Å². The van der Waals surface area contributed by atoms with E-state index in [2.05, 4.69) is 10.6 Å². The molecule has 3 nitrogen and oxygen atoms in total. The minimum atomic E-state index is -2.41. The van der Waals surface area contributed by atoms with Gasteiger partial charge in [-0.2, -0.15) is 0 Å². The SMILES string of the molecule is CC(C)(C)C(=O)C1CC(C(F)F)NCN1. The third-order valence-electron chi connectivity index (χ3n) is 2.56. The zero-order valence-electron chi connectivity index (χ0n) is 9.31. The number of Topliss-reactive ketones (excluding diaryl/α,β-unsaturated/α-hetero) is 1. The molecule has 5 heteroatoms. The van der Waals surface area contributed by atoms with Gasteiger partial charge in [-0.3, -0.25) is 15.4 Å². The molecule has 2 unspecified atom stereocenters. The van der Waals surface area contributed by atoms with E-state index in [0.29, 0.717) is 0 Å². The molecule has 0 amide bonds. The summed E-state index contributed by atoms with van der Waals surface area (Å²) in [7, 11) is 0. The van der Waals surface area contributed by atoms with E-state index in [1.807, 2.05) is 0 Å². The first-order valence-corrected chi connectivity index (χ1v) is 5.11. The topological polar surface area (TPSA) is 41.1 Å². The van der Waals surface area contributed by atoms with Crippen LogP contribution in [0.3, 0.4) is 0 Å². The van der Waals surface area contributed by atoms with Crippen molar-refractivity contribution in [1.29, 1.82) is 0 Å². The van der Waals surface area contributed by atoms with Crippen LogP contribution in [0.15, 0.2) is 0 Å². The van der Waals surface area contributed by atoms with Crippen molar-refractivity contribution in [2.45, 2.75) is 45.7 Å². The van der Waals surface area contributed by atoms with Gasteiger partial charge in [-0.05, 0) is 6.42 Å². The lowest BCUT2D eigenvalue weighted by atomic mass is 9.84. The number of hydrogen-bond acceptors (Lipinski definition) is 3. The molecule has 0 saturated carbocycles. The van der Waals surface area contributed by atoms with Crippen LogP contribution in [0.4, 0.5) is 8.78 Å². The Hall–Kier alpha value is -0.550. The Morgan fingerprint density at radius 1 is 1.33 bits per heavy atom. The fraction of sp³-hybridized carbons (Fsp3) is 0.900. The predicted octanol–water partition coefficient (Wildman–Crippen LogP) is 1.14. The van der Waals surface area contributed by atoms with E-state index in [9.17, 15) is 13.6 Å². The van der Waals surface area contributed by atoms with Crippen molar-refractivity contribution in [2.24, 2.45) is 5.41 Å². The summed E-state index contributed by atoms with van der Waals surface area (Å²) in [4.78, 5) is 11.9. The van der Waals surface area contributed by atoms with E-state index in [1.165, 1.54) is 0 Å². The Balaban J connectivity index is 2.60. The first kappa shape index (κ1) is 12.5. The van der Waals surface area contributed by atoms with Crippen molar-refractivity contribution in [3.63, 3.8) is 0 Å². The zero-order chi connectivity index (χ0) is 11.6. The summed E-state index contributed by atoms with van der Waals surface area (Å²) in [6.07, 6.45) is -2.25. The number of carbonyl (C=O) groups is 1. The number of hydrogen-bond donors (Lipinski definition) is 2. The van der Waals surface area contributed by atoms with Crippen LogP contribution in [0.1, 0.15) is 27.2 Å². The van der Waals surface area contributed by atoms with Crippen LogP contribution < -0.4 is 10.6 Å². The Bertz CT molecular complexity index is 238. The van der Waals surface area contributed by atoms with Gasteiger partial charge in [0.2, 0.25) is 0 Å². The van der Waals surface area contributed by atoms with Gasteiger partial charge in [0.1, 0.15) is 0 Å². The van der Waals surface area contributed by atoms with Crippen LogP contribution in [0.2, 0.25) is 0 Å². The fourth-order valence-electron chi connectivity index (χ4n) is 1.65. The van der Waals surface area contributed by atoms with E-state index in [4.69, 9.17) is 0 Å². The molecule has 1 aliphatic heterocycles. The number of carbonyl (C=O) groups excluding carboxylic acids is 1. The average molecular weight is 220 g/mol. The van der Waals surface area contributed by atoms with Crippen LogP contribution in [0.5, 0.6) is 0 Å². The number of alkyl halides is 2. The van der Waals surface area contributed by atoms with Crippen LogP contribution in [-0.4, -0.2) is 31.0 Å². The lowest BCUT2D eigenvalue weighted by Gasteiger charge is -2.33. The van der Waals surface area contributed by atoms with Gasteiger partial charge < -0.3 is 0 Å². The predicted molar refractivity (Wildman–Crippen MR) is 53.8 cm³/mol. The Morgan fingerprint density at radius 3 is 2.40 bits per heavy atom. The lowest BCUT2D eigenvalue weighted by molar-refractivity contribution is -0.129. The van der Waals surface area contributed by atoms with Crippen molar-refractivity contribution in [2.75, 3.05) is 6.67 Å².